The van der Waals surface area contributed by atoms with Gasteiger partial charge in [-0.2, -0.15) is 5.10 Å². The average Bonchev–Trinajstić information content (AvgIpc) is 2.86. The number of nitrogens with zero attached hydrogens (tertiary/aromatic N) is 3. The molecule has 19 heavy (non-hydrogen) atoms. The number of hydrogen-bond donors (Lipinski definition) is 0. The summed E-state index contributed by atoms with van der Waals surface area (Å²) in [6.07, 6.45) is 6.67. The van der Waals surface area contributed by atoms with Crippen LogP contribution in [0.3, 0.4) is 0 Å². The molecule has 0 bridgehead atoms. The van der Waals surface area contributed by atoms with E-state index in [4.69, 9.17) is 0 Å². The third kappa shape index (κ3) is 3.08. The second-order valence-electron chi connectivity index (χ2n) is 4.83. The number of rotatable bonds is 5. The van der Waals surface area contributed by atoms with E-state index in [2.05, 4.69) is 23.9 Å². The zero-order valence-electron chi connectivity index (χ0n) is 11.6. The van der Waals surface area contributed by atoms with Crippen molar-refractivity contribution in [2.45, 2.75) is 39.7 Å². The molecule has 0 amide bonds. The van der Waals surface area contributed by atoms with Crippen LogP contribution in [0.4, 0.5) is 0 Å². The Kier molecular flexibility index (Phi) is 4.10. The van der Waals surface area contributed by atoms with E-state index >= 15 is 0 Å². The van der Waals surface area contributed by atoms with Crippen LogP contribution < -0.4 is 0 Å². The van der Waals surface area contributed by atoms with Crippen molar-refractivity contribution in [1.82, 2.24) is 14.8 Å². The average molecular weight is 257 g/mol. The number of carbonyl (C=O) groups is 1. The molecule has 0 aliphatic rings. The summed E-state index contributed by atoms with van der Waals surface area (Å²) in [5.41, 5.74) is 2.46. The van der Waals surface area contributed by atoms with Gasteiger partial charge in [-0.05, 0) is 38.0 Å². The quantitative estimate of drug-likeness (QED) is 0.774. The lowest BCUT2D eigenvalue weighted by molar-refractivity contribution is 0.0991. The van der Waals surface area contributed by atoms with Crippen molar-refractivity contribution in [3.63, 3.8) is 0 Å². The Hall–Kier alpha value is -1.97. The summed E-state index contributed by atoms with van der Waals surface area (Å²) in [5.74, 6) is 0.0919. The number of aromatic nitrogens is 3. The van der Waals surface area contributed by atoms with Crippen molar-refractivity contribution in [1.29, 1.82) is 0 Å². The third-order valence-corrected chi connectivity index (χ3v) is 3.37. The molecule has 0 fully saturated rings. The molecule has 0 saturated heterocycles. The van der Waals surface area contributed by atoms with Gasteiger partial charge in [0.05, 0.1) is 12.1 Å². The molecule has 4 nitrogen and oxygen atoms in total. The molecule has 1 atom stereocenters. The van der Waals surface area contributed by atoms with Gasteiger partial charge in [0, 0.05) is 30.2 Å². The third-order valence-electron chi connectivity index (χ3n) is 3.37. The van der Waals surface area contributed by atoms with Crippen LogP contribution in [-0.4, -0.2) is 20.5 Å². The lowest BCUT2D eigenvalue weighted by Crippen LogP contribution is -2.09. The molecule has 0 spiro atoms. The minimum absolute atomic E-state index is 0.0919. The summed E-state index contributed by atoms with van der Waals surface area (Å²) in [4.78, 5) is 16.2. The van der Waals surface area contributed by atoms with E-state index in [0.29, 0.717) is 12.5 Å². The minimum Gasteiger partial charge on any atom is -0.294 e. The first-order valence-corrected chi connectivity index (χ1v) is 6.59. The maximum atomic E-state index is 12.2. The van der Waals surface area contributed by atoms with Gasteiger partial charge in [-0.25, -0.2) is 0 Å². The number of hydrogen-bond acceptors (Lipinski definition) is 3. The Morgan fingerprint density at radius 1 is 1.42 bits per heavy atom. The van der Waals surface area contributed by atoms with Gasteiger partial charge in [0.1, 0.15) is 0 Å². The van der Waals surface area contributed by atoms with Crippen molar-refractivity contribution < 1.29 is 4.79 Å². The molecule has 2 rings (SSSR count). The van der Waals surface area contributed by atoms with Gasteiger partial charge >= 0.3 is 0 Å². The van der Waals surface area contributed by atoms with Crippen molar-refractivity contribution in [3.05, 3.63) is 47.5 Å². The van der Waals surface area contributed by atoms with E-state index in [1.807, 2.05) is 23.9 Å². The van der Waals surface area contributed by atoms with E-state index in [9.17, 15) is 4.79 Å². The van der Waals surface area contributed by atoms with Crippen LogP contribution in [0.2, 0.25) is 0 Å². The standard InChI is InChI=1S/C15H19N3O/c1-4-12(3)18-8-6-13(17-18)9-15(19)14-5-7-16-10-11(14)2/h5-8,10,12H,4,9H2,1-3H3. The molecule has 0 aliphatic carbocycles. The molecular weight excluding hydrogens is 238 g/mol. The fourth-order valence-corrected chi connectivity index (χ4v) is 1.95. The van der Waals surface area contributed by atoms with E-state index < -0.39 is 0 Å². The highest BCUT2D eigenvalue weighted by molar-refractivity contribution is 5.98. The van der Waals surface area contributed by atoms with Crippen molar-refractivity contribution in [2.75, 3.05) is 0 Å². The summed E-state index contributed by atoms with van der Waals surface area (Å²) in [6.45, 7) is 6.14. The molecule has 2 aromatic heterocycles. The van der Waals surface area contributed by atoms with Crippen LogP contribution in [0.25, 0.3) is 0 Å². The molecule has 0 aliphatic heterocycles. The Labute approximate surface area is 113 Å². The molecule has 1 unspecified atom stereocenters. The molecule has 2 heterocycles. The molecular formula is C15H19N3O. The summed E-state index contributed by atoms with van der Waals surface area (Å²) < 4.78 is 1.92. The molecule has 0 saturated carbocycles. The Bertz CT molecular complexity index is 574. The normalized spacial score (nSPS) is 12.4. The van der Waals surface area contributed by atoms with Crippen LogP contribution in [0, 0.1) is 6.92 Å². The van der Waals surface area contributed by atoms with Crippen LogP contribution >= 0.6 is 0 Å². The highest BCUT2D eigenvalue weighted by Crippen LogP contribution is 2.12. The van der Waals surface area contributed by atoms with Gasteiger partial charge in [0.15, 0.2) is 5.78 Å². The Morgan fingerprint density at radius 2 is 2.21 bits per heavy atom. The van der Waals surface area contributed by atoms with Crippen LogP contribution in [0.5, 0.6) is 0 Å². The molecule has 0 radical (unpaired) electrons. The topological polar surface area (TPSA) is 47.8 Å². The lowest BCUT2D eigenvalue weighted by Gasteiger charge is -2.08. The fraction of sp³-hybridized carbons (Fsp3) is 0.400. The van der Waals surface area contributed by atoms with Gasteiger partial charge in [-0.3, -0.25) is 14.5 Å². The predicted molar refractivity (Wildman–Crippen MR) is 74.2 cm³/mol. The van der Waals surface area contributed by atoms with Gasteiger partial charge < -0.3 is 0 Å². The molecule has 100 valence electrons. The van der Waals surface area contributed by atoms with Gasteiger partial charge in [-0.1, -0.05) is 6.92 Å². The predicted octanol–water partition coefficient (Wildman–Crippen LogP) is 2.98. The number of aryl methyl sites for hydroxylation is 1. The molecule has 0 aromatic carbocycles. The number of pyridine rings is 1. The Balaban J connectivity index is 2.11. The van der Waals surface area contributed by atoms with E-state index in [1.165, 1.54) is 0 Å². The monoisotopic (exact) mass is 257 g/mol. The van der Waals surface area contributed by atoms with Crippen molar-refractivity contribution in [3.8, 4) is 0 Å². The van der Waals surface area contributed by atoms with E-state index in [0.717, 1.165) is 23.2 Å². The summed E-state index contributed by atoms with van der Waals surface area (Å²) in [6, 6.07) is 4.05. The van der Waals surface area contributed by atoms with Crippen molar-refractivity contribution >= 4 is 5.78 Å². The van der Waals surface area contributed by atoms with Gasteiger partial charge in [-0.15, -0.1) is 0 Å². The molecule has 4 heteroatoms. The molecule has 2 aromatic rings. The van der Waals surface area contributed by atoms with Gasteiger partial charge in [0.2, 0.25) is 0 Å². The highest BCUT2D eigenvalue weighted by atomic mass is 16.1. The van der Waals surface area contributed by atoms with Gasteiger partial charge in [0.25, 0.3) is 0 Å². The minimum atomic E-state index is 0.0919. The number of Topliss-reactive ketones (excluding diaryl/α,β-unsaturated/α-hetero) is 1. The van der Waals surface area contributed by atoms with E-state index in [-0.39, 0.29) is 5.78 Å². The zero-order chi connectivity index (χ0) is 13.8. The summed E-state index contributed by atoms with van der Waals surface area (Å²) >= 11 is 0. The SMILES string of the molecule is CCC(C)n1ccc(CC(=O)c2ccncc2C)n1. The smallest absolute Gasteiger partial charge is 0.169 e. The summed E-state index contributed by atoms with van der Waals surface area (Å²) in [5, 5.41) is 4.46. The van der Waals surface area contributed by atoms with Crippen molar-refractivity contribution in [2.24, 2.45) is 0 Å². The first kappa shape index (κ1) is 13.5. The van der Waals surface area contributed by atoms with Crippen LogP contribution in [0.15, 0.2) is 30.7 Å². The highest BCUT2D eigenvalue weighted by Gasteiger charge is 2.12. The zero-order valence-corrected chi connectivity index (χ0v) is 11.6. The van der Waals surface area contributed by atoms with E-state index in [1.54, 1.807) is 18.5 Å². The summed E-state index contributed by atoms with van der Waals surface area (Å²) in [7, 11) is 0. The molecule has 0 N–H and O–H groups in total. The first-order valence-electron chi connectivity index (χ1n) is 6.59. The van der Waals surface area contributed by atoms with Crippen LogP contribution in [0.1, 0.15) is 47.9 Å². The number of ketones is 1. The van der Waals surface area contributed by atoms with Crippen LogP contribution in [-0.2, 0) is 6.42 Å². The second-order valence-corrected chi connectivity index (χ2v) is 4.83. The fourth-order valence-electron chi connectivity index (χ4n) is 1.95. The first-order chi connectivity index (χ1) is 9.11. The second kappa shape index (κ2) is 5.78. The maximum absolute atomic E-state index is 12.2. The lowest BCUT2D eigenvalue weighted by atomic mass is 10.0. The Morgan fingerprint density at radius 3 is 2.89 bits per heavy atom. The maximum Gasteiger partial charge on any atom is 0.169 e. The number of carbonyl (C=O) groups excluding carboxylic acids is 1. The largest absolute Gasteiger partial charge is 0.294 e.